The van der Waals surface area contributed by atoms with Crippen LogP contribution >= 0.6 is 0 Å². The van der Waals surface area contributed by atoms with Crippen molar-refractivity contribution >= 4 is 16.6 Å². The maximum atomic E-state index is 14.8. The minimum Gasteiger partial charge on any atom is -0.508 e. The summed E-state index contributed by atoms with van der Waals surface area (Å²) in [6.07, 6.45) is 2.14. The Morgan fingerprint density at radius 3 is 2.89 bits per heavy atom. The molecule has 3 aliphatic rings. The normalized spacial score (nSPS) is 25.0. The highest BCUT2D eigenvalue weighted by atomic mass is 19.1. The van der Waals surface area contributed by atoms with E-state index in [9.17, 15) is 13.9 Å². The Labute approximate surface area is 221 Å². The van der Waals surface area contributed by atoms with Gasteiger partial charge in [0.2, 0.25) is 0 Å². The number of alkyl halides is 1. The highest BCUT2D eigenvalue weighted by Gasteiger charge is 2.49. The number of hydrogen-bond acceptors (Lipinski definition) is 7. The zero-order valence-corrected chi connectivity index (χ0v) is 22.1. The lowest BCUT2D eigenvalue weighted by atomic mass is 9.91. The van der Waals surface area contributed by atoms with E-state index >= 15 is 0 Å². The Balaban J connectivity index is 1.34. The average molecular weight is 525 g/mol. The van der Waals surface area contributed by atoms with Gasteiger partial charge in [-0.3, -0.25) is 4.90 Å². The molecule has 2 saturated heterocycles. The molecule has 1 unspecified atom stereocenters. The minimum absolute atomic E-state index is 0.111. The molecule has 2 fully saturated rings. The summed E-state index contributed by atoms with van der Waals surface area (Å²) in [5, 5.41) is 12.0. The van der Waals surface area contributed by atoms with Gasteiger partial charge in [0.25, 0.3) is 0 Å². The molecule has 2 aromatic carbocycles. The number of aromatic nitrogens is 2. The number of benzene rings is 2. The molecule has 0 radical (unpaired) electrons. The molecule has 0 amide bonds. The van der Waals surface area contributed by atoms with Gasteiger partial charge in [-0.05, 0) is 65.9 Å². The number of phenols is 1. The fourth-order valence-electron chi connectivity index (χ4n) is 6.65. The van der Waals surface area contributed by atoms with Gasteiger partial charge in [-0.2, -0.15) is 9.97 Å². The third-order valence-corrected chi connectivity index (χ3v) is 8.40. The first kappa shape index (κ1) is 25.2. The molecule has 0 bridgehead atoms. The lowest BCUT2D eigenvalue weighted by Crippen LogP contribution is -2.43. The van der Waals surface area contributed by atoms with Crippen LogP contribution < -0.4 is 9.64 Å². The number of rotatable bonds is 6. The first-order valence-electron chi connectivity index (χ1n) is 13.4. The molecule has 1 aromatic heterocycles. The molecular formula is C29H34F2N4O3. The lowest BCUT2D eigenvalue weighted by molar-refractivity contribution is 0.0262. The number of aryl methyl sites for hydroxylation is 1. The van der Waals surface area contributed by atoms with Crippen LogP contribution in [-0.4, -0.2) is 65.5 Å². The fraction of sp³-hybridized carbons (Fsp3) is 0.517. The standard InChI is InChI=1S/C29H34F2N4O3/c1-4-20-23(31)7-6-17-10-19(36)11-21(26(17)20)25-12-24-22(15-37-25)27(34(2)3)33-28(32-24)38-16-29-8-5-9-35(29)14-18(30)13-29/h6-7,10-11,18,25,36H,4-5,8-9,12-16H2,1-3H3/t18-,25?,29+/m1/s1. The fourth-order valence-corrected chi connectivity index (χ4v) is 6.65. The Morgan fingerprint density at radius 2 is 2.11 bits per heavy atom. The zero-order valence-electron chi connectivity index (χ0n) is 22.1. The minimum atomic E-state index is -0.825. The second kappa shape index (κ2) is 9.61. The first-order valence-corrected chi connectivity index (χ1v) is 13.4. The molecule has 7 nitrogen and oxygen atoms in total. The SMILES string of the molecule is CCc1c(F)ccc2cc(O)cc(C3Cc4nc(OC[C@@]56CCCN5C[C@H](F)C6)nc(N(C)C)c4CO3)c12. The van der Waals surface area contributed by atoms with Crippen LogP contribution in [0, 0.1) is 5.82 Å². The van der Waals surface area contributed by atoms with Crippen LogP contribution in [0.3, 0.4) is 0 Å². The van der Waals surface area contributed by atoms with Crippen molar-refractivity contribution in [2.24, 2.45) is 0 Å². The second-order valence-corrected chi connectivity index (χ2v) is 11.0. The van der Waals surface area contributed by atoms with E-state index in [2.05, 4.69) is 9.88 Å². The Kier molecular flexibility index (Phi) is 6.39. The summed E-state index contributed by atoms with van der Waals surface area (Å²) in [7, 11) is 3.83. The molecule has 202 valence electrons. The van der Waals surface area contributed by atoms with E-state index < -0.39 is 12.3 Å². The van der Waals surface area contributed by atoms with Gasteiger partial charge in [0, 0.05) is 39.0 Å². The molecular weight excluding hydrogens is 490 g/mol. The van der Waals surface area contributed by atoms with Gasteiger partial charge in [0.15, 0.2) is 0 Å². The molecule has 0 saturated carbocycles. The number of hydrogen-bond donors (Lipinski definition) is 1. The van der Waals surface area contributed by atoms with Crippen molar-refractivity contribution in [3.63, 3.8) is 0 Å². The topological polar surface area (TPSA) is 71.0 Å². The third kappa shape index (κ3) is 4.25. The molecule has 0 spiro atoms. The quantitative estimate of drug-likeness (QED) is 0.493. The summed E-state index contributed by atoms with van der Waals surface area (Å²) in [4.78, 5) is 13.6. The Hall–Kier alpha value is -3.04. The van der Waals surface area contributed by atoms with Crippen molar-refractivity contribution in [1.29, 1.82) is 0 Å². The van der Waals surface area contributed by atoms with Gasteiger partial charge in [-0.15, -0.1) is 0 Å². The summed E-state index contributed by atoms with van der Waals surface area (Å²) in [5.74, 6) is 0.568. The second-order valence-electron chi connectivity index (χ2n) is 11.0. The van der Waals surface area contributed by atoms with E-state index in [-0.39, 0.29) is 29.7 Å². The largest absolute Gasteiger partial charge is 0.508 e. The first-order chi connectivity index (χ1) is 18.3. The maximum absolute atomic E-state index is 14.8. The summed E-state index contributed by atoms with van der Waals surface area (Å²) in [6, 6.07) is 6.74. The average Bonchev–Trinajstić information content (AvgIpc) is 3.42. The molecule has 0 aliphatic carbocycles. The number of phenolic OH excluding ortho intramolecular Hbond substituents is 1. The van der Waals surface area contributed by atoms with Gasteiger partial charge >= 0.3 is 6.01 Å². The highest BCUT2D eigenvalue weighted by molar-refractivity contribution is 5.90. The summed E-state index contributed by atoms with van der Waals surface area (Å²) >= 11 is 0. The summed E-state index contributed by atoms with van der Waals surface area (Å²) in [6.45, 7) is 3.92. The molecule has 3 aliphatic heterocycles. The molecule has 6 rings (SSSR count). The smallest absolute Gasteiger partial charge is 0.318 e. The number of fused-ring (bicyclic) bond motifs is 3. The molecule has 38 heavy (non-hydrogen) atoms. The van der Waals surface area contributed by atoms with Crippen molar-refractivity contribution in [3.8, 4) is 11.8 Å². The van der Waals surface area contributed by atoms with Gasteiger partial charge in [-0.25, -0.2) is 8.78 Å². The van der Waals surface area contributed by atoms with Crippen molar-refractivity contribution < 1.29 is 23.4 Å². The molecule has 9 heteroatoms. The monoisotopic (exact) mass is 524 g/mol. The van der Waals surface area contributed by atoms with Crippen LogP contribution in [0.15, 0.2) is 24.3 Å². The maximum Gasteiger partial charge on any atom is 0.318 e. The summed E-state index contributed by atoms with van der Waals surface area (Å²) in [5.41, 5.74) is 2.75. The Morgan fingerprint density at radius 1 is 1.26 bits per heavy atom. The van der Waals surface area contributed by atoms with Gasteiger partial charge in [0.05, 0.1) is 23.9 Å². The van der Waals surface area contributed by atoms with Crippen molar-refractivity contribution in [3.05, 3.63) is 52.5 Å². The van der Waals surface area contributed by atoms with E-state index in [1.54, 1.807) is 18.2 Å². The van der Waals surface area contributed by atoms with E-state index in [4.69, 9.17) is 14.5 Å². The molecule has 3 aromatic rings. The predicted octanol–water partition coefficient (Wildman–Crippen LogP) is 4.87. The van der Waals surface area contributed by atoms with Gasteiger partial charge < -0.3 is 19.5 Å². The number of halogens is 2. The molecule has 4 heterocycles. The van der Waals surface area contributed by atoms with Crippen LogP contribution in [0.2, 0.25) is 0 Å². The van der Waals surface area contributed by atoms with E-state index in [0.29, 0.717) is 38.0 Å². The number of aromatic hydroxyl groups is 1. The third-order valence-electron chi connectivity index (χ3n) is 8.40. The number of anilines is 1. The van der Waals surface area contributed by atoms with Crippen molar-refractivity contribution in [2.45, 2.75) is 63.4 Å². The highest BCUT2D eigenvalue weighted by Crippen LogP contribution is 2.42. The number of ether oxygens (including phenoxy) is 2. The van der Waals surface area contributed by atoms with Gasteiger partial charge in [0.1, 0.15) is 30.2 Å². The lowest BCUT2D eigenvalue weighted by Gasteiger charge is -2.32. The Bertz CT molecular complexity index is 1380. The van der Waals surface area contributed by atoms with Crippen LogP contribution in [-0.2, 0) is 24.2 Å². The molecule has 1 N–H and O–H groups in total. The van der Waals surface area contributed by atoms with Crippen molar-refractivity contribution in [2.75, 3.05) is 38.7 Å². The van der Waals surface area contributed by atoms with E-state index in [0.717, 1.165) is 52.8 Å². The van der Waals surface area contributed by atoms with E-state index in [1.165, 1.54) is 6.07 Å². The van der Waals surface area contributed by atoms with Crippen LogP contribution in [0.5, 0.6) is 11.8 Å². The van der Waals surface area contributed by atoms with Crippen LogP contribution in [0.25, 0.3) is 10.8 Å². The summed E-state index contributed by atoms with van der Waals surface area (Å²) < 4.78 is 41.5. The number of nitrogens with zero attached hydrogens (tertiary/aromatic N) is 4. The van der Waals surface area contributed by atoms with Crippen LogP contribution in [0.4, 0.5) is 14.6 Å². The molecule has 3 atom stereocenters. The predicted molar refractivity (Wildman–Crippen MR) is 141 cm³/mol. The van der Waals surface area contributed by atoms with Crippen molar-refractivity contribution in [1.82, 2.24) is 14.9 Å². The van der Waals surface area contributed by atoms with E-state index in [1.807, 2.05) is 25.9 Å². The zero-order chi connectivity index (χ0) is 26.6. The van der Waals surface area contributed by atoms with Crippen LogP contribution in [0.1, 0.15) is 54.7 Å². The van der Waals surface area contributed by atoms with Gasteiger partial charge in [-0.1, -0.05) is 13.0 Å².